The lowest BCUT2D eigenvalue weighted by Gasteiger charge is -2.06. The summed E-state index contributed by atoms with van der Waals surface area (Å²) in [6, 6.07) is 8.87. The van der Waals surface area contributed by atoms with Crippen molar-refractivity contribution in [2.75, 3.05) is 12.4 Å². The van der Waals surface area contributed by atoms with E-state index in [2.05, 4.69) is 25.3 Å². The van der Waals surface area contributed by atoms with Gasteiger partial charge in [-0.05, 0) is 24.3 Å². The van der Waals surface area contributed by atoms with Crippen molar-refractivity contribution in [2.45, 2.75) is 0 Å². The predicted octanol–water partition coefficient (Wildman–Crippen LogP) is 3.87. The highest BCUT2D eigenvalue weighted by Gasteiger charge is 2.11. The molecule has 6 heteroatoms. The van der Waals surface area contributed by atoms with Gasteiger partial charge in [0.05, 0.1) is 23.1 Å². The highest BCUT2D eigenvalue weighted by atomic mass is 19.1. The first-order valence-corrected chi connectivity index (χ1v) is 7.47. The molecule has 0 fully saturated rings. The van der Waals surface area contributed by atoms with Crippen LogP contribution < -0.4 is 5.32 Å². The zero-order valence-corrected chi connectivity index (χ0v) is 12.9. The molecule has 0 aliphatic rings. The third-order valence-electron chi connectivity index (χ3n) is 3.88. The van der Waals surface area contributed by atoms with Crippen LogP contribution in [0.1, 0.15) is 0 Å². The molecule has 0 unspecified atom stereocenters. The highest BCUT2D eigenvalue weighted by Crippen LogP contribution is 2.27. The number of hydrogen-bond acceptors (Lipinski definition) is 4. The van der Waals surface area contributed by atoms with Gasteiger partial charge in [0.1, 0.15) is 11.6 Å². The number of aromatic nitrogens is 4. The molecular formula is C18H14FN5. The number of hydrogen-bond donors (Lipinski definition) is 2. The maximum absolute atomic E-state index is 14.5. The van der Waals surface area contributed by atoms with Gasteiger partial charge in [-0.2, -0.15) is 0 Å². The van der Waals surface area contributed by atoms with E-state index >= 15 is 0 Å². The van der Waals surface area contributed by atoms with Crippen LogP contribution in [0.5, 0.6) is 0 Å². The molecule has 118 valence electrons. The Morgan fingerprint density at radius 1 is 1.04 bits per heavy atom. The Bertz CT molecular complexity index is 975. The minimum absolute atomic E-state index is 0.337. The van der Waals surface area contributed by atoms with E-state index in [1.54, 1.807) is 31.7 Å². The van der Waals surface area contributed by atoms with E-state index in [4.69, 9.17) is 0 Å². The number of fused-ring (bicyclic) bond motifs is 1. The predicted molar refractivity (Wildman–Crippen MR) is 92.1 cm³/mol. The molecule has 0 aliphatic carbocycles. The lowest BCUT2D eigenvalue weighted by molar-refractivity contribution is 0.629. The molecule has 4 heterocycles. The van der Waals surface area contributed by atoms with Crippen LogP contribution in [0.15, 0.2) is 55.1 Å². The van der Waals surface area contributed by atoms with Crippen molar-refractivity contribution in [2.24, 2.45) is 0 Å². The summed E-state index contributed by atoms with van der Waals surface area (Å²) in [4.78, 5) is 15.9. The summed E-state index contributed by atoms with van der Waals surface area (Å²) in [6.45, 7) is 0. The Hall–Kier alpha value is -3.28. The largest absolute Gasteiger partial charge is 0.373 e. The van der Waals surface area contributed by atoms with Crippen molar-refractivity contribution in [3.63, 3.8) is 0 Å². The topological polar surface area (TPSA) is 66.5 Å². The molecule has 0 saturated carbocycles. The zero-order valence-electron chi connectivity index (χ0n) is 12.9. The second kappa shape index (κ2) is 5.73. The van der Waals surface area contributed by atoms with Gasteiger partial charge < -0.3 is 10.3 Å². The molecule has 0 aromatic carbocycles. The average Bonchev–Trinajstić information content (AvgIpc) is 3.06. The number of halogens is 1. The van der Waals surface area contributed by atoms with E-state index in [1.807, 2.05) is 18.2 Å². The number of H-pyrrole nitrogens is 1. The molecule has 2 N–H and O–H groups in total. The molecule has 4 rings (SSSR count). The smallest absolute Gasteiger partial charge is 0.134 e. The second-order valence-electron chi connectivity index (χ2n) is 5.38. The maximum Gasteiger partial charge on any atom is 0.134 e. The van der Waals surface area contributed by atoms with Gasteiger partial charge in [0.25, 0.3) is 0 Å². The van der Waals surface area contributed by atoms with Gasteiger partial charge in [-0.25, -0.2) is 9.37 Å². The Balaban J connectivity index is 1.73. The molecule has 0 saturated heterocycles. The van der Waals surface area contributed by atoms with Crippen LogP contribution in [-0.2, 0) is 0 Å². The van der Waals surface area contributed by atoms with E-state index in [0.29, 0.717) is 16.8 Å². The van der Waals surface area contributed by atoms with Crippen molar-refractivity contribution in [3.05, 3.63) is 60.9 Å². The van der Waals surface area contributed by atoms with E-state index in [-0.39, 0.29) is 5.82 Å². The van der Waals surface area contributed by atoms with Gasteiger partial charge in [0, 0.05) is 48.2 Å². The van der Waals surface area contributed by atoms with Gasteiger partial charge in [-0.3, -0.25) is 9.97 Å². The van der Waals surface area contributed by atoms with E-state index in [1.165, 1.54) is 12.3 Å². The SMILES string of the molecule is CNc1ccc(-c2cnc(-c3cc4ccncc4[nH]3)cc2F)cn1. The monoisotopic (exact) mass is 319 g/mol. The Kier molecular flexibility index (Phi) is 3.42. The standard InChI is InChI=1S/C18H14FN5/c1-20-18-3-2-12(8-23-18)13-9-22-15(7-14(13)19)16-6-11-4-5-21-10-17(11)24-16/h2-10,24H,1H3,(H,20,23). The number of nitrogens with one attached hydrogen (secondary N) is 2. The number of aromatic amines is 1. The number of rotatable bonds is 3. The fourth-order valence-electron chi connectivity index (χ4n) is 2.60. The van der Waals surface area contributed by atoms with Gasteiger partial charge in [0.2, 0.25) is 0 Å². The number of pyridine rings is 3. The first kappa shape index (κ1) is 14.3. The third-order valence-corrected chi connectivity index (χ3v) is 3.88. The van der Waals surface area contributed by atoms with Crippen molar-refractivity contribution in [1.82, 2.24) is 19.9 Å². The third kappa shape index (κ3) is 2.48. The lowest BCUT2D eigenvalue weighted by atomic mass is 10.1. The van der Waals surface area contributed by atoms with Crippen molar-refractivity contribution < 1.29 is 4.39 Å². The molecule has 0 atom stereocenters. The van der Waals surface area contributed by atoms with Gasteiger partial charge in [-0.1, -0.05) is 0 Å². The lowest BCUT2D eigenvalue weighted by Crippen LogP contribution is -1.94. The summed E-state index contributed by atoms with van der Waals surface area (Å²) < 4.78 is 14.5. The summed E-state index contributed by atoms with van der Waals surface area (Å²) in [6.07, 6.45) is 6.61. The summed E-state index contributed by atoms with van der Waals surface area (Å²) in [7, 11) is 1.79. The molecule has 5 nitrogen and oxygen atoms in total. The number of nitrogens with zero attached hydrogens (tertiary/aromatic N) is 3. The molecular weight excluding hydrogens is 305 g/mol. The van der Waals surface area contributed by atoms with Crippen LogP contribution in [0.2, 0.25) is 0 Å². The zero-order chi connectivity index (χ0) is 16.5. The summed E-state index contributed by atoms with van der Waals surface area (Å²) in [5.41, 5.74) is 3.31. The van der Waals surface area contributed by atoms with Crippen LogP contribution in [0.4, 0.5) is 10.2 Å². The van der Waals surface area contributed by atoms with E-state index in [0.717, 1.165) is 22.4 Å². The fraction of sp³-hybridized carbons (Fsp3) is 0.0556. The molecule has 24 heavy (non-hydrogen) atoms. The summed E-state index contributed by atoms with van der Waals surface area (Å²) >= 11 is 0. The summed E-state index contributed by atoms with van der Waals surface area (Å²) in [5, 5.41) is 3.95. The first-order valence-electron chi connectivity index (χ1n) is 7.47. The van der Waals surface area contributed by atoms with Crippen molar-refractivity contribution in [1.29, 1.82) is 0 Å². The van der Waals surface area contributed by atoms with Crippen LogP contribution in [0.25, 0.3) is 33.4 Å². The molecule has 0 amide bonds. The van der Waals surface area contributed by atoms with Crippen molar-refractivity contribution >= 4 is 16.7 Å². The minimum atomic E-state index is -0.337. The first-order chi connectivity index (χ1) is 11.7. The molecule has 0 aliphatic heterocycles. The normalized spacial score (nSPS) is 10.9. The highest BCUT2D eigenvalue weighted by molar-refractivity contribution is 5.84. The Labute approximate surface area is 137 Å². The molecule has 0 spiro atoms. The Morgan fingerprint density at radius 3 is 2.67 bits per heavy atom. The second-order valence-corrected chi connectivity index (χ2v) is 5.38. The fourth-order valence-corrected chi connectivity index (χ4v) is 2.60. The average molecular weight is 319 g/mol. The van der Waals surface area contributed by atoms with Crippen LogP contribution in [0, 0.1) is 5.82 Å². The van der Waals surface area contributed by atoms with Gasteiger partial charge >= 0.3 is 0 Å². The van der Waals surface area contributed by atoms with Crippen LogP contribution in [0.3, 0.4) is 0 Å². The number of anilines is 1. The molecule has 4 aromatic heterocycles. The van der Waals surface area contributed by atoms with Crippen molar-refractivity contribution in [3.8, 4) is 22.5 Å². The molecule has 4 aromatic rings. The van der Waals surface area contributed by atoms with Crippen LogP contribution in [-0.4, -0.2) is 27.0 Å². The van der Waals surface area contributed by atoms with Crippen LogP contribution >= 0.6 is 0 Å². The minimum Gasteiger partial charge on any atom is -0.373 e. The molecule has 0 radical (unpaired) electrons. The maximum atomic E-state index is 14.5. The van der Waals surface area contributed by atoms with Gasteiger partial charge in [-0.15, -0.1) is 0 Å². The molecule has 0 bridgehead atoms. The van der Waals surface area contributed by atoms with E-state index < -0.39 is 0 Å². The van der Waals surface area contributed by atoms with E-state index in [9.17, 15) is 4.39 Å². The van der Waals surface area contributed by atoms with Gasteiger partial charge in [0.15, 0.2) is 0 Å². The summed E-state index contributed by atoms with van der Waals surface area (Å²) in [5.74, 6) is 0.395. The quantitative estimate of drug-likeness (QED) is 0.601. The Morgan fingerprint density at radius 2 is 1.96 bits per heavy atom.